The van der Waals surface area contributed by atoms with Crippen molar-refractivity contribution in [1.82, 2.24) is 0 Å². The smallest absolute Gasteiger partial charge is 0.133 e. The van der Waals surface area contributed by atoms with E-state index in [0.717, 1.165) is 5.75 Å². The second-order valence-corrected chi connectivity index (χ2v) is 5.50. The van der Waals surface area contributed by atoms with E-state index in [2.05, 4.69) is 6.92 Å². The van der Waals surface area contributed by atoms with Crippen molar-refractivity contribution in [2.24, 2.45) is 5.92 Å². The third kappa shape index (κ3) is 10.3. The zero-order chi connectivity index (χ0) is 11.5. The zero-order valence-corrected chi connectivity index (χ0v) is 11.4. The fourth-order valence-corrected chi connectivity index (χ4v) is 2.53. The predicted octanol–water partition coefficient (Wildman–Crippen LogP) is 4.31. The van der Waals surface area contributed by atoms with Crippen LogP contribution in [0.2, 0.25) is 0 Å². The molecule has 0 aromatic heterocycles. The monoisotopic (exact) mass is 230 g/mol. The van der Waals surface area contributed by atoms with E-state index in [-0.39, 0.29) is 5.92 Å². The molecule has 0 amide bonds. The average Bonchev–Trinajstić information content (AvgIpc) is 2.21. The molecule has 0 aromatic rings. The predicted molar refractivity (Wildman–Crippen MR) is 70.5 cm³/mol. The fourth-order valence-electron chi connectivity index (χ4n) is 1.36. The van der Waals surface area contributed by atoms with E-state index in [1.807, 2.05) is 18.7 Å². The van der Waals surface area contributed by atoms with Crippen LogP contribution in [0.4, 0.5) is 0 Å². The highest BCUT2D eigenvalue weighted by molar-refractivity contribution is 7.99. The van der Waals surface area contributed by atoms with E-state index < -0.39 is 0 Å². The Hall–Kier alpha value is 0.0200. The van der Waals surface area contributed by atoms with Crippen LogP contribution in [0.15, 0.2) is 0 Å². The lowest BCUT2D eigenvalue weighted by atomic mass is 10.1. The normalized spacial score (nSPS) is 12.7. The lowest BCUT2D eigenvalue weighted by molar-refractivity contribution is -0.119. The first-order valence-corrected chi connectivity index (χ1v) is 7.42. The molecule has 0 bridgehead atoms. The number of ketones is 1. The van der Waals surface area contributed by atoms with Crippen molar-refractivity contribution in [2.75, 3.05) is 11.5 Å². The first-order valence-electron chi connectivity index (χ1n) is 6.26. The minimum absolute atomic E-state index is 0.245. The quantitative estimate of drug-likeness (QED) is 0.520. The number of hydrogen-bond donors (Lipinski definition) is 0. The maximum Gasteiger partial charge on any atom is 0.133 e. The van der Waals surface area contributed by atoms with Gasteiger partial charge in [-0.15, -0.1) is 0 Å². The molecular weight excluding hydrogens is 204 g/mol. The summed E-state index contributed by atoms with van der Waals surface area (Å²) in [5, 5.41) is 0. The van der Waals surface area contributed by atoms with Gasteiger partial charge in [0, 0.05) is 11.7 Å². The highest BCUT2D eigenvalue weighted by Crippen LogP contribution is 2.13. The van der Waals surface area contributed by atoms with E-state index in [4.69, 9.17) is 0 Å². The molecule has 2 heteroatoms. The summed E-state index contributed by atoms with van der Waals surface area (Å²) in [6.07, 6.45) is 8.17. The summed E-state index contributed by atoms with van der Waals surface area (Å²) in [5.74, 6) is 2.80. The SMILES string of the molecule is CCCCCCCCSCC(C)C(C)=O. The van der Waals surface area contributed by atoms with Crippen LogP contribution < -0.4 is 0 Å². The van der Waals surface area contributed by atoms with Gasteiger partial charge in [0.15, 0.2) is 0 Å². The largest absolute Gasteiger partial charge is 0.300 e. The van der Waals surface area contributed by atoms with Gasteiger partial charge in [-0.25, -0.2) is 0 Å². The lowest BCUT2D eigenvalue weighted by Gasteiger charge is -2.06. The van der Waals surface area contributed by atoms with Crippen LogP contribution in [0.3, 0.4) is 0 Å². The van der Waals surface area contributed by atoms with E-state index in [1.165, 1.54) is 44.3 Å². The molecule has 0 radical (unpaired) electrons. The fraction of sp³-hybridized carbons (Fsp3) is 0.923. The van der Waals surface area contributed by atoms with Gasteiger partial charge in [-0.05, 0) is 19.1 Å². The van der Waals surface area contributed by atoms with Crippen molar-refractivity contribution in [1.29, 1.82) is 0 Å². The summed E-state index contributed by atoms with van der Waals surface area (Å²) in [4.78, 5) is 11.0. The number of carbonyl (C=O) groups is 1. The molecule has 0 aliphatic heterocycles. The van der Waals surface area contributed by atoms with Crippen LogP contribution in [0.25, 0.3) is 0 Å². The molecule has 0 aliphatic carbocycles. The Labute approximate surface area is 99.4 Å². The number of thioether (sulfide) groups is 1. The van der Waals surface area contributed by atoms with Crippen molar-refractivity contribution >= 4 is 17.5 Å². The molecule has 0 N–H and O–H groups in total. The number of Topliss-reactive ketones (excluding diaryl/α,β-unsaturated/α-hetero) is 1. The Balaban J connectivity index is 3.08. The Morgan fingerprint density at radius 1 is 1.13 bits per heavy atom. The molecule has 0 fully saturated rings. The third-order valence-corrected chi connectivity index (χ3v) is 4.02. The Morgan fingerprint density at radius 2 is 1.73 bits per heavy atom. The van der Waals surface area contributed by atoms with E-state index in [1.54, 1.807) is 6.92 Å². The molecule has 1 unspecified atom stereocenters. The first kappa shape index (κ1) is 15.0. The van der Waals surface area contributed by atoms with Crippen LogP contribution >= 0.6 is 11.8 Å². The second kappa shape index (κ2) is 10.5. The van der Waals surface area contributed by atoms with E-state index >= 15 is 0 Å². The lowest BCUT2D eigenvalue weighted by Crippen LogP contribution is -2.09. The summed E-state index contributed by atoms with van der Waals surface area (Å²) in [6, 6.07) is 0. The van der Waals surface area contributed by atoms with Crippen molar-refractivity contribution < 1.29 is 4.79 Å². The molecule has 0 aliphatic rings. The van der Waals surface area contributed by atoms with Gasteiger partial charge in [0.1, 0.15) is 5.78 Å². The summed E-state index contributed by atoms with van der Waals surface area (Å²) in [7, 11) is 0. The standard InChI is InChI=1S/C13H26OS/c1-4-5-6-7-8-9-10-15-11-12(2)13(3)14/h12H,4-11H2,1-3H3. The van der Waals surface area contributed by atoms with Gasteiger partial charge in [-0.3, -0.25) is 4.79 Å². The van der Waals surface area contributed by atoms with Crippen LogP contribution in [0.1, 0.15) is 59.3 Å². The van der Waals surface area contributed by atoms with Gasteiger partial charge in [0.05, 0.1) is 0 Å². The van der Waals surface area contributed by atoms with Gasteiger partial charge in [-0.2, -0.15) is 11.8 Å². The Morgan fingerprint density at radius 3 is 2.33 bits per heavy atom. The van der Waals surface area contributed by atoms with Crippen LogP contribution in [-0.2, 0) is 4.79 Å². The van der Waals surface area contributed by atoms with Crippen molar-refractivity contribution in [3.63, 3.8) is 0 Å². The van der Waals surface area contributed by atoms with Crippen LogP contribution in [0, 0.1) is 5.92 Å². The van der Waals surface area contributed by atoms with Gasteiger partial charge in [0.25, 0.3) is 0 Å². The number of hydrogen-bond acceptors (Lipinski definition) is 2. The molecule has 0 heterocycles. The van der Waals surface area contributed by atoms with Gasteiger partial charge >= 0.3 is 0 Å². The highest BCUT2D eigenvalue weighted by Gasteiger charge is 2.06. The summed E-state index contributed by atoms with van der Waals surface area (Å²) in [6.45, 7) is 5.96. The maximum atomic E-state index is 11.0. The molecule has 15 heavy (non-hydrogen) atoms. The van der Waals surface area contributed by atoms with Crippen molar-refractivity contribution in [3.8, 4) is 0 Å². The van der Waals surface area contributed by atoms with E-state index in [9.17, 15) is 4.79 Å². The molecule has 90 valence electrons. The van der Waals surface area contributed by atoms with Crippen LogP contribution in [0.5, 0.6) is 0 Å². The van der Waals surface area contributed by atoms with Gasteiger partial charge in [0.2, 0.25) is 0 Å². The molecule has 0 saturated heterocycles. The molecule has 0 saturated carbocycles. The second-order valence-electron chi connectivity index (χ2n) is 4.35. The van der Waals surface area contributed by atoms with Crippen molar-refractivity contribution in [3.05, 3.63) is 0 Å². The number of rotatable bonds is 10. The molecule has 0 aromatic carbocycles. The zero-order valence-electron chi connectivity index (χ0n) is 10.6. The minimum atomic E-state index is 0.245. The first-order chi connectivity index (χ1) is 7.18. The molecular formula is C13H26OS. The Kier molecular flexibility index (Phi) is 10.5. The van der Waals surface area contributed by atoms with Gasteiger partial charge < -0.3 is 0 Å². The molecule has 0 spiro atoms. The highest BCUT2D eigenvalue weighted by atomic mass is 32.2. The van der Waals surface area contributed by atoms with Crippen LogP contribution in [-0.4, -0.2) is 17.3 Å². The number of unbranched alkanes of at least 4 members (excludes halogenated alkanes) is 5. The maximum absolute atomic E-state index is 11.0. The summed E-state index contributed by atoms with van der Waals surface area (Å²) >= 11 is 1.93. The molecule has 1 atom stereocenters. The van der Waals surface area contributed by atoms with E-state index in [0.29, 0.717) is 5.78 Å². The third-order valence-electron chi connectivity index (χ3n) is 2.70. The topological polar surface area (TPSA) is 17.1 Å². The van der Waals surface area contributed by atoms with Crippen molar-refractivity contribution in [2.45, 2.75) is 59.3 Å². The molecule has 0 rings (SSSR count). The Bertz CT molecular complexity index is 157. The summed E-state index contributed by atoms with van der Waals surface area (Å²) in [5.41, 5.74) is 0. The minimum Gasteiger partial charge on any atom is -0.300 e. The molecule has 1 nitrogen and oxygen atoms in total. The average molecular weight is 230 g/mol. The summed E-state index contributed by atoms with van der Waals surface area (Å²) < 4.78 is 0. The number of carbonyl (C=O) groups excluding carboxylic acids is 1. The van der Waals surface area contributed by atoms with Gasteiger partial charge in [-0.1, -0.05) is 46.0 Å².